The van der Waals surface area contributed by atoms with Gasteiger partial charge in [-0.05, 0) is 0 Å². The van der Waals surface area contributed by atoms with Gasteiger partial charge in [-0.15, -0.1) is 0 Å². The Morgan fingerprint density at radius 3 is 0.886 bits per heavy atom. The summed E-state index contributed by atoms with van der Waals surface area (Å²) in [5.41, 5.74) is 3.26. The van der Waals surface area contributed by atoms with Gasteiger partial charge in [0.2, 0.25) is 0 Å². The molecule has 0 fully saturated rings. The molecule has 0 aliphatic rings. The van der Waals surface area contributed by atoms with Gasteiger partial charge in [0, 0.05) is 0 Å². The average molecular weight is 778 g/mol. The third kappa shape index (κ3) is 12.8. The second-order valence-electron chi connectivity index (χ2n) is 11.6. The van der Waals surface area contributed by atoms with E-state index in [1.54, 1.807) is 0 Å². The Labute approximate surface area is 276 Å². The number of rotatable bonds is 18. The third-order valence-electron chi connectivity index (χ3n) is 6.13. The molecule has 0 radical (unpaired) electrons. The number of ether oxygens (including phenoxy) is 3. The van der Waals surface area contributed by atoms with Crippen molar-refractivity contribution in [1.29, 1.82) is 0 Å². The predicted molar refractivity (Wildman–Crippen MR) is 192 cm³/mol. The van der Waals surface area contributed by atoms with Crippen molar-refractivity contribution < 1.29 is 24.6 Å². The summed E-state index contributed by atoms with van der Waals surface area (Å²) < 4.78 is 51.5. The van der Waals surface area contributed by atoms with E-state index in [0.717, 1.165) is 33.9 Å². The Balaban J connectivity index is 1.84. The average Bonchev–Trinajstić information content (AvgIpc) is 2.90. The molecule has 0 spiro atoms. The summed E-state index contributed by atoms with van der Waals surface area (Å²) in [5.74, 6) is 4.34. The summed E-state index contributed by atoms with van der Waals surface area (Å²) in [6.45, 7) is 7.75. The molecule has 0 N–H and O–H groups in total. The molecular formula is C33H51O7S3Sb. The fourth-order valence-corrected chi connectivity index (χ4v) is 25.5. The molecule has 0 aromatic heterocycles. The molecule has 0 amide bonds. The quantitative estimate of drug-likeness (QED) is 0.120. The Bertz CT molecular complexity index is 1180. The van der Waals surface area contributed by atoms with Crippen LogP contribution in [0, 0.1) is 0 Å². The summed E-state index contributed by atoms with van der Waals surface area (Å²) in [5, 5.41) is 0. The monoisotopic (exact) mass is 776 g/mol. The molecule has 3 aromatic rings. The first kappa shape index (κ1) is 37.1. The third-order valence-corrected chi connectivity index (χ3v) is 26.0. The second kappa shape index (κ2) is 16.4. The van der Waals surface area contributed by atoms with E-state index in [-0.39, 0.29) is 0 Å². The number of hydrogen-bond acceptors (Lipinski definition) is 7. The number of benzene rings is 3. The molecule has 248 valence electrons. The van der Waals surface area contributed by atoms with Crippen LogP contribution in [0.5, 0.6) is 17.2 Å². The molecule has 11 heteroatoms. The molecule has 3 rings (SSSR count). The normalized spacial score (nSPS) is 13.8. The topological polar surface area (TPSA) is 72.5 Å². The maximum atomic E-state index is 14.9. The van der Waals surface area contributed by atoms with E-state index in [4.69, 9.17) is 21.6 Å². The zero-order valence-corrected chi connectivity index (χ0v) is 32.7. The van der Waals surface area contributed by atoms with Crippen LogP contribution in [0.15, 0.2) is 72.8 Å². The van der Waals surface area contributed by atoms with Gasteiger partial charge in [-0.2, -0.15) is 0 Å². The molecule has 0 heterocycles. The zero-order chi connectivity index (χ0) is 32.4. The van der Waals surface area contributed by atoms with Gasteiger partial charge in [-0.1, -0.05) is 0 Å². The van der Waals surface area contributed by atoms with Crippen LogP contribution >= 0.6 is 30.9 Å². The van der Waals surface area contributed by atoms with E-state index in [9.17, 15) is 3.02 Å². The van der Waals surface area contributed by atoms with Crippen LogP contribution in [0.25, 0.3) is 0 Å². The van der Waals surface area contributed by atoms with Crippen molar-refractivity contribution in [2.24, 2.45) is 0 Å². The molecule has 3 aromatic carbocycles. The van der Waals surface area contributed by atoms with Gasteiger partial charge in [0.15, 0.2) is 0 Å². The molecule has 0 saturated heterocycles. The number of hydrogen-bond donors (Lipinski definition) is 0. The molecule has 0 unspecified atom stereocenters. The van der Waals surface area contributed by atoms with E-state index in [2.05, 4.69) is 0 Å². The van der Waals surface area contributed by atoms with Crippen molar-refractivity contribution in [1.82, 2.24) is 0 Å². The molecule has 44 heavy (non-hydrogen) atoms. The summed E-state index contributed by atoms with van der Waals surface area (Å²) in [6, 6.07) is 24.0. The van der Waals surface area contributed by atoms with Crippen molar-refractivity contribution in [2.45, 2.75) is 38.0 Å². The van der Waals surface area contributed by atoms with Crippen molar-refractivity contribution in [3.8, 4) is 17.2 Å². The van der Waals surface area contributed by atoms with Crippen molar-refractivity contribution in [3.63, 3.8) is 0 Å². The molecule has 0 atom stereocenters. The van der Waals surface area contributed by atoms with Gasteiger partial charge in [0.1, 0.15) is 0 Å². The van der Waals surface area contributed by atoms with E-state index in [0.29, 0.717) is 37.1 Å². The standard InChI is InChI=1S/3C11H18O2S.O.Sb/c3*1-4-13-11-7-5-10(6-8-11)9-14(2,3)12;;/h3*5-8,12H,4,9H2,1-3H3;;/q;;;;+3/p-3. The van der Waals surface area contributed by atoms with Crippen molar-refractivity contribution in [2.75, 3.05) is 57.4 Å². The summed E-state index contributed by atoms with van der Waals surface area (Å²) in [6.07, 6.45) is 12.2. The summed E-state index contributed by atoms with van der Waals surface area (Å²) in [7, 11) is -5.56. The Kier molecular flexibility index (Phi) is 13.8. The maximum absolute atomic E-state index is 14.9. The van der Waals surface area contributed by atoms with Crippen LogP contribution in [0.3, 0.4) is 0 Å². The molecule has 0 saturated carbocycles. The van der Waals surface area contributed by atoms with Gasteiger partial charge < -0.3 is 0 Å². The summed E-state index contributed by atoms with van der Waals surface area (Å²) in [4.78, 5) is 0. The zero-order valence-electron chi connectivity index (χ0n) is 27.7. The fraction of sp³-hybridized carbons (Fsp3) is 0.455. The van der Waals surface area contributed by atoms with Crippen LogP contribution in [-0.2, 0) is 27.7 Å². The van der Waals surface area contributed by atoms with E-state index < -0.39 is 51.0 Å². The Hall–Kier alpha value is -1.39. The molecular weight excluding hydrogens is 726 g/mol. The predicted octanol–water partition coefficient (Wildman–Crippen LogP) is 8.64. The van der Waals surface area contributed by atoms with Crippen LogP contribution in [0.4, 0.5) is 0 Å². The van der Waals surface area contributed by atoms with Crippen LogP contribution in [0.2, 0.25) is 0 Å². The van der Waals surface area contributed by atoms with Crippen molar-refractivity contribution in [3.05, 3.63) is 89.5 Å². The molecule has 7 nitrogen and oxygen atoms in total. The fourth-order valence-electron chi connectivity index (χ4n) is 4.61. The first-order chi connectivity index (χ1) is 20.7. The van der Waals surface area contributed by atoms with Crippen LogP contribution in [0.1, 0.15) is 37.5 Å². The van der Waals surface area contributed by atoms with E-state index in [1.807, 2.05) is 131 Å². The van der Waals surface area contributed by atoms with Gasteiger partial charge in [0.05, 0.1) is 0 Å². The first-order valence-corrected chi connectivity index (χ1v) is 26.5. The van der Waals surface area contributed by atoms with E-state index in [1.165, 1.54) is 0 Å². The van der Waals surface area contributed by atoms with Crippen LogP contribution < -0.4 is 14.2 Å². The molecule has 0 aliphatic heterocycles. The van der Waals surface area contributed by atoms with Crippen molar-refractivity contribution >= 4 is 51.0 Å². The summed E-state index contributed by atoms with van der Waals surface area (Å²) >= 11 is -5.24. The van der Waals surface area contributed by atoms with Gasteiger partial charge >= 0.3 is 278 Å². The van der Waals surface area contributed by atoms with Gasteiger partial charge in [-0.25, -0.2) is 0 Å². The Morgan fingerprint density at radius 1 is 0.455 bits per heavy atom. The van der Waals surface area contributed by atoms with E-state index >= 15 is 0 Å². The van der Waals surface area contributed by atoms with Gasteiger partial charge in [-0.3, -0.25) is 0 Å². The molecule has 0 bridgehead atoms. The minimum atomic E-state index is -5.24. The van der Waals surface area contributed by atoms with Crippen LogP contribution in [-0.4, -0.2) is 77.4 Å². The Morgan fingerprint density at radius 2 is 0.682 bits per heavy atom. The van der Waals surface area contributed by atoms with Gasteiger partial charge in [0.25, 0.3) is 0 Å². The SMILES string of the molecule is CCOc1ccc(CS(C)(C)[O][Sb](=[O])([O]S(C)(C)Cc2ccc(OCC)cc2)[O]S(C)(C)Cc2ccc(OCC)cc2)cc1. The second-order valence-corrected chi connectivity index (χ2v) is 28.0. The molecule has 0 aliphatic carbocycles. The first-order valence-electron chi connectivity index (χ1n) is 14.7. The minimum absolute atomic E-state index is 0.615.